The number of aliphatic hydroxyl groups excluding tert-OH is 1. The van der Waals surface area contributed by atoms with Crippen molar-refractivity contribution in [1.29, 1.82) is 0 Å². The van der Waals surface area contributed by atoms with Gasteiger partial charge < -0.3 is 5.11 Å². The standard InChI is InChI=1S/C11H19BrO/c1-8-6-11(2,3)5-4-10(12)9(8)7-13/h8,13H,4-7H2,1-3H3. The maximum Gasteiger partial charge on any atom is 0.0655 e. The van der Waals surface area contributed by atoms with Gasteiger partial charge in [0.05, 0.1) is 6.61 Å². The Morgan fingerprint density at radius 2 is 2.15 bits per heavy atom. The van der Waals surface area contributed by atoms with Crippen LogP contribution in [0.2, 0.25) is 0 Å². The summed E-state index contributed by atoms with van der Waals surface area (Å²) in [7, 11) is 0. The highest BCUT2D eigenvalue weighted by Crippen LogP contribution is 2.40. The Morgan fingerprint density at radius 3 is 2.69 bits per heavy atom. The number of hydrogen-bond acceptors (Lipinski definition) is 1. The number of aliphatic hydroxyl groups is 1. The van der Waals surface area contributed by atoms with Gasteiger partial charge in [-0.25, -0.2) is 0 Å². The molecule has 1 N–H and O–H groups in total. The lowest BCUT2D eigenvalue weighted by Gasteiger charge is -2.25. The summed E-state index contributed by atoms with van der Waals surface area (Å²) in [6.07, 6.45) is 3.46. The van der Waals surface area contributed by atoms with E-state index in [1.807, 2.05) is 0 Å². The zero-order valence-corrected chi connectivity index (χ0v) is 10.3. The van der Waals surface area contributed by atoms with Crippen LogP contribution in [0.5, 0.6) is 0 Å². The normalized spacial score (nSPS) is 28.8. The molecule has 2 heteroatoms. The fourth-order valence-electron chi connectivity index (χ4n) is 2.17. The zero-order valence-electron chi connectivity index (χ0n) is 8.73. The van der Waals surface area contributed by atoms with E-state index in [1.54, 1.807) is 0 Å². The van der Waals surface area contributed by atoms with Crippen molar-refractivity contribution in [2.75, 3.05) is 6.61 Å². The Hall–Kier alpha value is 0.180. The molecule has 13 heavy (non-hydrogen) atoms. The molecule has 1 rings (SSSR count). The third-order valence-corrected chi connectivity index (χ3v) is 3.90. The molecule has 1 unspecified atom stereocenters. The Labute approximate surface area is 89.4 Å². The van der Waals surface area contributed by atoms with Crippen molar-refractivity contribution in [3.8, 4) is 0 Å². The fraction of sp³-hybridized carbons (Fsp3) is 0.818. The van der Waals surface area contributed by atoms with Crippen LogP contribution >= 0.6 is 15.9 Å². The van der Waals surface area contributed by atoms with Gasteiger partial charge in [-0.05, 0) is 40.7 Å². The molecular formula is C11H19BrO. The van der Waals surface area contributed by atoms with E-state index in [-0.39, 0.29) is 6.61 Å². The smallest absolute Gasteiger partial charge is 0.0655 e. The van der Waals surface area contributed by atoms with Gasteiger partial charge in [-0.1, -0.05) is 36.7 Å². The Balaban J connectivity index is 2.84. The van der Waals surface area contributed by atoms with Crippen molar-refractivity contribution in [2.45, 2.75) is 40.0 Å². The quantitative estimate of drug-likeness (QED) is 0.752. The maximum atomic E-state index is 9.24. The predicted molar refractivity (Wildman–Crippen MR) is 59.8 cm³/mol. The fourth-order valence-corrected chi connectivity index (χ4v) is 2.89. The van der Waals surface area contributed by atoms with Crippen LogP contribution in [0.4, 0.5) is 0 Å². The molecule has 1 nitrogen and oxygen atoms in total. The molecule has 0 aromatic rings. The SMILES string of the molecule is CC1CC(C)(C)CCC(Br)=C1CO. The van der Waals surface area contributed by atoms with Crippen molar-refractivity contribution in [3.63, 3.8) is 0 Å². The molecular weight excluding hydrogens is 228 g/mol. The first kappa shape index (κ1) is 11.3. The molecule has 0 aliphatic heterocycles. The maximum absolute atomic E-state index is 9.24. The van der Waals surface area contributed by atoms with Gasteiger partial charge in [0.15, 0.2) is 0 Å². The predicted octanol–water partition coefficient (Wildman–Crippen LogP) is 3.47. The average Bonchev–Trinajstić information content (AvgIpc) is 2.09. The van der Waals surface area contributed by atoms with Gasteiger partial charge in [0.25, 0.3) is 0 Å². The molecule has 0 radical (unpaired) electrons. The highest BCUT2D eigenvalue weighted by molar-refractivity contribution is 9.11. The van der Waals surface area contributed by atoms with Crippen molar-refractivity contribution >= 4 is 15.9 Å². The summed E-state index contributed by atoms with van der Waals surface area (Å²) < 4.78 is 1.23. The van der Waals surface area contributed by atoms with E-state index >= 15 is 0 Å². The van der Waals surface area contributed by atoms with Gasteiger partial charge in [0.2, 0.25) is 0 Å². The van der Waals surface area contributed by atoms with Gasteiger partial charge >= 0.3 is 0 Å². The van der Waals surface area contributed by atoms with Gasteiger partial charge in [-0.15, -0.1) is 0 Å². The molecule has 0 fully saturated rings. The van der Waals surface area contributed by atoms with Crippen LogP contribution in [0.25, 0.3) is 0 Å². The highest BCUT2D eigenvalue weighted by Gasteiger charge is 2.27. The van der Waals surface area contributed by atoms with E-state index < -0.39 is 0 Å². The number of rotatable bonds is 1. The second kappa shape index (κ2) is 4.14. The lowest BCUT2D eigenvalue weighted by molar-refractivity contribution is 0.265. The monoisotopic (exact) mass is 246 g/mol. The van der Waals surface area contributed by atoms with Crippen molar-refractivity contribution in [3.05, 3.63) is 10.1 Å². The molecule has 0 heterocycles. The zero-order chi connectivity index (χ0) is 10.1. The molecule has 0 amide bonds. The van der Waals surface area contributed by atoms with Crippen molar-refractivity contribution in [1.82, 2.24) is 0 Å². The van der Waals surface area contributed by atoms with E-state index in [1.165, 1.54) is 22.9 Å². The molecule has 0 spiro atoms. The molecule has 0 aromatic carbocycles. The van der Waals surface area contributed by atoms with Crippen LogP contribution in [0.1, 0.15) is 40.0 Å². The van der Waals surface area contributed by atoms with Crippen molar-refractivity contribution in [2.24, 2.45) is 11.3 Å². The summed E-state index contributed by atoms with van der Waals surface area (Å²) >= 11 is 3.58. The topological polar surface area (TPSA) is 20.2 Å². The van der Waals surface area contributed by atoms with Gasteiger partial charge in [0, 0.05) is 0 Å². The van der Waals surface area contributed by atoms with Gasteiger partial charge in [-0.2, -0.15) is 0 Å². The second-order valence-corrected chi connectivity index (χ2v) is 5.81. The van der Waals surface area contributed by atoms with Gasteiger partial charge in [-0.3, -0.25) is 0 Å². The molecule has 0 bridgehead atoms. The number of halogens is 1. The van der Waals surface area contributed by atoms with Crippen LogP contribution in [0.15, 0.2) is 10.1 Å². The Morgan fingerprint density at radius 1 is 1.54 bits per heavy atom. The van der Waals surface area contributed by atoms with E-state index in [2.05, 4.69) is 36.7 Å². The van der Waals surface area contributed by atoms with E-state index in [9.17, 15) is 5.11 Å². The highest BCUT2D eigenvalue weighted by atomic mass is 79.9. The van der Waals surface area contributed by atoms with Gasteiger partial charge in [0.1, 0.15) is 0 Å². The minimum Gasteiger partial charge on any atom is -0.392 e. The minimum atomic E-state index is 0.206. The Kier molecular flexibility index (Phi) is 3.58. The Bertz CT molecular complexity index is 218. The second-order valence-electron chi connectivity index (χ2n) is 4.86. The molecule has 0 saturated heterocycles. The molecule has 1 atom stereocenters. The van der Waals surface area contributed by atoms with Crippen molar-refractivity contribution < 1.29 is 5.11 Å². The summed E-state index contributed by atoms with van der Waals surface area (Å²) in [5.41, 5.74) is 1.61. The lowest BCUT2D eigenvalue weighted by Crippen LogP contribution is -2.15. The molecule has 0 saturated carbocycles. The number of allylic oxidation sites excluding steroid dienone is 1. The molecule has 76 valence electrons. The van der Waals surface area contributed by atoms with Crippen LogP contribution in [-0.2, 0) is 0 Å². The largest absolute Gasteiger partial charge is 0.392 e. The summed E-state index contributed by atoms with van der Waals surface area (Å²) in [5.74, 6) is 0.511. The van der Waals surface area contributed by atoms with E-state index in [0.717, 1.165) is 6.42 Å². The van der Waals surface area contributed by atoms with E-state index in [4.69, 9.17) is 0 Å². The molecule has 0 aromatic heterocycles. The summed E-state index contributed by atoms with van der Waals surface area (Å²) in [6.45, 7) is 7.03. The summed E-state index contributed by atoms with van der Waals surface area (Å²) in [4.78, 5) is 0. The molecule has 1 aliphatic rings. The van der Waals surface area contributed by atoms with Crippen LogP contribution in [0.3, 0.4) is 0 Å². The first-order valence-electron chi connectivity index (χ1n) is 4.94. The van der Waals surface area contributed by atoms with E-state index in [0.29, 0.717) is 11.3 Å². The minimum absolute atomic E-state index is 0.206. The third kappa shape index (κ3) is 2.81. The van der Waals surface area contributed by atoms with Crippen LogP contribution in [0, 0.1) is 11.3 Å². The van der Waals surface area contributed by atoms with Crippen LogP contribution in [-0.4, -0.2) is 11.7 Å². The lowest BCUT2D eigenvalue weighted by atomic mass is 9.80. The third-order valence-electron chi connectivity index (χ3n) is 2.99. The summed E-state index contributed by atoms with van der Waals surface area (Å²) in [6, 6.07) is 0. The van der Waals surface area contributed by atoms with Crippen LogP contribution < -0.4 is 0 Å². The number of hydrogen-bond donors (Lipinski definition) is 1. The summed E-state index contributed by atoms with van der Waals surface area (Å²) in [5, 5.41) is 9.24. The first-order chi connectivity index (χ1) is 5.96. The average molecular weight is 247 g/mol. The first-order valence-corrected chi connectivity index (χ1v) is 5.74. The molecule has 1 aliphatic carbocycles.